The molecule has 0 radical (unpaired) electrons. The van der Waals surface area contributed by atoms with Crippen LogP contribution in [0.2, 0.25) is 0 Å². The molecular formula is C15H17FO4. The van der Waals surface area contributed by atoms with Crippen LogP contribution >= 0.6 is 0 Å². The number of carbonyl (C=O) groups is 2. The van der Waals surface area contributed by atoms with E-state index in [-0.39, 0.29) is 24.8 Å². The van der Waals surface area contributed by atoms with E-state index in [1.807, 2.05) is 0 Å². The zero-order valence-electron chi connectivity index (χ0n) is 11.5. The first kappa shape index (κ1) is 15.9. The fourth-order valence-corrected chi connectivity index (χ4v) is 1.63. The summed E-state index contributed by atoms with van der Waals surface area (Å²) < 4.78 is 22.3. The van der Waals surface area contributed by atoms with E-state index in [1.165, 1.54) is 25.3 Å². The van der Waals surface area contributed by atoms with E-state index in [2.05, 4.69) is 4.74 Å². The number of esters is 2. The first-order valence-electron chi connectivity index (χ1n) is 6.27. The molecule has 1 aromatic rings. The fourth-order valence-electron chi connectivity index (χ4n) is 1.63. The van der Waals surface area contributed by atoms with E-state index in [0.717, 1.165) is 0 Å². The zero-order valence-corrected chi connectivity index (χ0v) is 11.5. The maximum absolute atomic E-state index is 12.9. The summed E-state index contributed by atoms with van der Waals surface area (Å²) in [5.41, 5.74) is 1.28. The minimum Gasteiger partial charge on any atom is -0.469 e. The number of methoxy groups -OCH3 is 1. The molecule has 0 aliphatic heterocycles. The van der Waals surface area contributed by atoms with Crippen LogP contribution in [0.4, 0.5) is 4.39 Å². The Bertz CT molecular complexity index is 491. The van der Waals surface area contributed by atoms with Crippen LogP contribution < -0.4 is 0 Å². The minimum atomic E-state index is -0.489. The van der Waals surface area contributed by atoms with Gasteiger partial charge < -0.3 is 9.47 Å². The second-order valence-corrected chi connectivity index (χ2v) is 4.00. The van der Waals surface area contributed by atoms with Crippen LogP contribution in [0.15, 0.2) is 30.3 Å². The third-order valence-corrected chi connectivity index (χ3v) is 2.62. The highest BCUT2D eigenvalue weighted by atomic mass is 19.1. The molecule has 108 valence electrons. The molecule has 0 N–H and O–H groups in total. The molecule has 0 saturated heterocycles. The summed E-state index contributed by atoms with van der Waals surface area (Å²) in [6.45, 7) is 1.97. The highest BCUT2D eigenvalue weighted by molar-refractivity contribution is 5.92. The monoisotopic (exact) mass is 280 g/mol. The smallest absolute Gasteiger partial charge is 0.331 e. The molecule has 0 saturated carbocycles. The van der Waals surface area contributed by atoms with Gasteiger partial charge in [-0.15, -0.1) is 0 Å². The van der Waals surface area contributed by atoms with Gasteiger partial charge in [-0.05, 0) is 36.6 Å². The molecular weight excluding hydrogens is 263 g/mol. The SMILES string of the molecule is CCOC(=O)/C=C(\CCC(=O)OC)c1ccc(F)cc1. The summed E-state index contributed by atoms with van der Waals surface area (Å²) in [7, 11) is 1.30. The van der Waals surface area contributed by atoms with Crippen molar-refractivity contribution in [1.29, 1.82) is 0 Å². The van der Waals surface area contributed by atoms with E-state index < -0.39 is 5.97 Å². The van der Waals surface area contributed by atoms with Gasteiger partial charge in [-0.25, -0.2) is 9.18 Å². The molecule has 0 spiro atoms. The van der Waals surface area contributed by atoms with E-state index in [1.54, 1.807) is 19.1 Å². The molecule has 0 heterocycles. The lowest BCUT2D eigenvalue weighted by Crippen LogP contribution is -2.04. The number of rotatable bonds is 6. The van der Waals surface area contributed by atoms with Gasteiger partial charge >= 0.3 is 11.9 Å². The van der Waals surface area contributed by atoms with Gasteiger partial charge in [-0.2, -0.15) is 0 Å². The van der Waals surface area contributed by atoms with E-state index in [0.29, 0.717) is 17.6 Å². The lowest BCUT2D eigenvalue weighted by atomic mass is 10.0. The fraction of sp³-hybridized carbons (Fsp3) is 0.333. The molecule has 0 aliphatic carbocycles. The Labute approximate surface area is 117 Å². The van der Waals surface area contributed by atoms with Gasteiger partial charge in [0.05, 0.1) is 13.7 Å². The third-order valence-electron chi connectivity index (χ3n) is 2.62. The van der Waals surface area contributed by atoms with Crippen molar-refractivity contribution in [3.8, 4) is 0 Å². The summed E-state index contributed by atoms with van der Waals surface area (Å²) >= 11 is 0. The molecule has 0 atom stereocenters. The average molecular weight is 280 g/mol. The molecule has 1 rings (SSSR count). The van der Waals surface area contributed by atoms with Crippen LogP contribution in [-0.2, 0) is 19.1 Å². The number of halogens is 1. The lowest BCUT2D eigenvalue weighted by Gasteiger charge is -2.07. The lowest BCUT2D eigenvalue weighted by molar-refractivity contribution is -0.140. The Morgan fingerprint density at radius 3 is 2.40 bits per heavy atom. The van der Waals surface area contributed by atoms with Crippen molar-refractivity contribution >= 4 is 17.5 Å². The summed E-state index contributed by atoms with van der Waals surface area (Å²) in [6, 6.07) is 5.70. The second kappa shape index (κ2) is 8.09. The first-order chi connectivity index (χ1) is 9.56. The predicted molar refractivity (Wildman–Crippen MR) is 72.3 cm³/mol. The van der Waals surface area contributed by atoms with Gasteiger partial charge in [0.25, 0.3) is 0 Å². The van der Waals surface area contributed by atoms with Gasteiger partial charge in [0, 0.05) is 12.5 Å². The molecule has 4 nitrogen and oxygen atoms in total. The van der Waals surface area contributed by atoms with Gasteiger partial charge in [-0.1, -0.05) is 12.1 Å². The molecule has 0 amide bonds. The van der Waals surface area contributed by atoms with Crippen LogP contribution in [0.5, 0.6) is 0 Å². The van der Waals surface area contributed by atoms with Crippen LogP contribution in [0.3, 0.4) is 0 Å². The number of ether oxygens (including phenoxy) is 2. The highest BCUT2D eigenvalue weighted by Gasteiger charge is 2.09. The topological polar surface area (TPSA) is 52.6 Å². The zero-order chi connectivity index (χ0) is 15.0. The van der Waals surface area contributed by atoms with E-state index in [4.69, 9.17) is 4.74 Å². The molecule has 0 bridgehead atoms. The van der Waals surface area contributed by atoms with Crippen molar-refractivity contribution in [3.63, 3.8) is 0 Å². The number of allylic oxidation sites excluding steroid dienone is 1. The standard InChI is InChI=1S/C15H17FO4/c1-3-20-15(18)10-12(6-9-14(17)19-2)11-4-7-13(16)8-5-11/h4-5,7-8,10H,3,6,9H2,1-2H3/b12-10+. The van der Waals surface area contributed by atoms with Crippen molar-refractivity contribution < 1.29 is 23.5 Å². The van der Waals surface area contributed by atoms with Crippen molar-refractivity contribution in [2.24, 2.45) is 0 Å². The average Bonchev–Trinajstić information content (AvgIpc) is 2.44. The minimum absolute atomic E-state index is 0.138. The van der Waals surface area contributed by atoms with Gasteiger partial charge in [-0.3, -0.25) is 4.79 Å². The molecule has 0 fully saturated rings. The van der Waals surface area contributed by atoms with Crippen molar-refractivity contribution in [3.05, 3.63) is 41.7 Å². The molecule has 1 aromatic carbocycles. The van der Waals surface area contributed by atoms with Crippen LogP contribution in [0.1, 0.15) is 25.3 Å². The van der Waals surface area contributed by atoms with Crippen molar-refractivity contribution in [2.45, 2.75) is 19.8 Å². The van der Waals surface area contributed by atoms with Crippen LogP contribution in [-0.4, -0.2) is 25.7 Å². The summed E-state index contributed by atoms with van der Waals surface area (Å²) in [5, 5.41) is 0. The van der Waals surface area contributed by atoms with Crippen LogP contribution in [0.25, 0.3) is 5.57 Å². The molecule has 0 unspecified atom stereocenters. The maximum Gasteiger partial charge on any atom is 0.331 e. The quantitative estimate of drug-likeness (QED) is 0.594. The third kappa shape index (κ3) is 5.22. The maximum atomic E-state index is 12.9. The molecule has 20 heavy (non-hydrogen) atoms. The largest absolute Gasteiger partial charge is 0.469 e. The van der Waals surface area contributed by atoms with Crippen molar-refractivity contribution in [1.82, 2.24) is 0 Å². The number of benzene rings is 1. The highest BCUT2D eigenvalue weighted by Crippen LogP contribution is 2.21. The Balaban J connectivity index is 2.91. The molecule has 0 aromatic heterocycles. The van der Waals surface area contributed by atoms with Crippen LogP contribution in [0, 0.1) is 5.82 Å². The summed E-state index contributed by atoms with van der Waals surface area (Å²) in [6.07, 6.45) is 1.77. The second-order valence-electron chi connectivity index (χ2n) is 4.00. The summed E-state index contributed by atoms with van der Waals surface area (Å²) in [4.78, 5) is 22.7. The van der Waals surface area contributed by atoms with E-state index in [9.17, 15) is 14.0 Å². The Morgan fingerprint density at radius 1 is 1.20 bits per heavy atom. The number of carbonyl (C=O) groups excluding carboxylic acids is 2. The van der Waals surface area contributed by atoms with Gasteiger partial charge in [0.1, 0.15) is 5.82 Å². The predicted octanol–water partition coefficient (Wildman–Crippen LogP) is 2.73. The Hall–Kier alpha value is -2.17. The normalized spacial score (nSPS) is 11.1. The summed E-state index contributed by atoms with van der Waals surface area (Å²) in [5.74, 6) is -1.23. The Kier molecular flexibility index (Phi) is 6.43. The number of hydrogen-bond donors (Lipinski definition) is 0. The number of hydrogen-bond acceptors (Lipinski definition) is 4. The van der Waals surface area contributed by atoms with Gasteiger partial charge in [0.15, 0.2) is 0 Å². The first-order valence-corrected chi connectivity index (χ1v) is 6.27. The van der Waals surface area contributed by atoms with Crippen molar-refractivity contribution in [2.75, 3.05) is 13.7 Å². The molecule has 0 aliphatic rings. The molecule has 5 heteroatoms. The Morgan fingerprint density at radius 2 is 1.85 bits per heavy atom. The van der Waals surface area contributed by atoms with E-state index >= 15 is 0 Å². The van der Waals surface area contributed by atoms with Gasteiger partial charge in [0.2, 0.25) is 0 Å².